The highest BCUT2D eigenvalue weighted by atomic mass is 19.1. The van der Waals surface area contributed by atoms with Crippen molar-refractivity contribution in [1.29, 1.82) is 5.26 Å². The van der Waals surface area contributed by atoms with Gasteiger partial charge in [0.2, 0.25) is 0 Å². The highest BCUT2D eigenvalue weighted by Gasteiger charge is 2.24. The van der Waals surface area contributed by atoms with E-state index in [1.54, 1.807) is 12.1 Å². The molecule has 2 rings (SSSR count). The molecule has 2 atom stereocenters. The van der Waals surface area contributed by atoms with Crippen LogP contribution in [0.1, 0.15) is 31.7 Å². The summed E-state index contributed by atoms with van der Waals surface area (Å²) >= 11 is 0. The molecule has 0 radical (unpaired) electrons. The van der Waals surface area contributed by atoms with Gasteiger partial charge in [0.25, 0.3) is 0 Å². The van der Waals surface area contributed by atoms with Gasteiger partial charge >= 0.3 is 0 Å². The minimum absolute atomic E-state index is 0.126. The third-order valence-electron chi connectivity index (χ3n) is 3.33. The number of hydrogen-bond donors (Lipinski definition) is 1. The van der Waals surface area contributed by atoms with Gasteiger partial charge in [-0.15, -0.1) is 0 Å². The average Bonchev–Trinajstić information content (AvgIpc) is 2.65. The van der Waals surface area contributed by atoms with Crippen molar-refractivity contribution < 1.29 is 4.39 Å². The van der Waals surface area contributed by atoms with E-state index in [4.69, 9.17) is 5.26 Å². The number of hydrogen-bond acceptors (Lipinski definition) is 2. The quantitative estimate of drug-likeness (QED) is 0.826. The Labute approximate surface area is 95.1 Å². The Morgan fingerprint density at radius 1 is 1.44 bits per heavy atom. The molecule has 0 bridgehead atoms. The first-order valence-electron chi connectivity index (χ1n) is 5.67. The molecule has 1 fully saturated rings. The van der Waals surface area contributed by atoms with E-state index in [0.717, 1.165) is 6.42 Å². The fourth-order valence-electron chi connectivity index (χ4n) is 2.32. The molecule has 1 N–H and O–H groups in total. The molecule has 0 spiro atoms. The van der Waals surface area contributed by atoms with Crippen LogP contribution in [0.2, 0.25) is 0 Å². The molecule has 1 aliphatic carbocycles. The Kier molecular flexibility index (Phi) is 3.09. The summed E-state index contributed by atoms with van der Waals surface area (Å²) in [5, 5.41) is 12.2. The zero-order chi connectivity index (χ0) is 11.5. The fourth-order valence-corrected chi connectivity index (χ4v) is 2.32. The summed E-state index contributed by atoms with van der Waals surface area (Å²) in [6.45, 7) is 2.19. The number of halogens is 1. The van der Waals surface area contributed by atoms with Gasteiger partial charge in [0.1, 0.15) is 17.4 Å². The van der Waals surface area contributed by atoms with Gasteiger partial charge in [0, 0.05) is 6.04 Å². The van der Waals surface area contributed by atoms with Crippen molar-refractivity contribution in [3.05, 3.63) is 29.6 Å². The van der Waals surface area contributed by atoms with Crippen LogP contribution in [0.4, 0.5) is 10.1 Å². The molecule has 1 aromatic rings. The third kappa shape index (κ3) is 2.01. The summed E-state index contributed by atoms with van der Waals surface area (Å²) in [6.07, 6.45) is 3.51. The molecule has 1 aromatic carbocycles. The third-order valence-corrected chi connectivity index (χ3v) is 3.33. The molecule has 0 amide bonds. The molecule has 2 unspecified atom stereocenters. The van der Waals surface area contributed by atoms with Crippen LogP contribution in [0.5, 0.6) is 0 Å². The number of nitrogens with zero attached hydrogens (tertiary/aromatic N) is 1. The standard InChI is InChI=1S/C13H15FN2/c1-9-4-2-6-12(9)16-13-7-3-5-11(14)10(13)8-15/h3,5,7,9,12,16H,2,4,6H2,1H3. The van der Waals surface area contributed by atoms with Gasteiger partial charge in [0.05, 0.1) is 5.69 Å². The van der Waals surface area contributed by atoms with Crippen molar-refractivity contribution >= 4 is 5.69 Å². The van der Waals surface area contributed by atoms with Gasteiger partial charge in [0.15, 0.2) is 0 Å². The van der Waals surface area contributed by atoms with Gasteiger partial charge in [-0.25, -0.2) is 4.39 Å². The van der Waals surface area contributed by atoms with E-state index in [1.165, 1.54) is 18.9 Å². The molecule has 1 saturated carbocycles. The summed E-state index contributed by atoms with van der Waals surface area (Å²) in [5.41, 5.74) is 0.753. The molecule has 3 heteroatoms. The lowest BCUT2D eigenvalue weighted by atomic mass is 10.1. The molecule has 2 nitrogen and oxygen atoms in total. The monoisotopic (exact) mass is 218 g/mol. The molecule has 1 aliphatic rings. The molecule has 0 aliphatic heterocycles. The summed E-state index contributed by atoms with van der Waals surface area (Å²) in [6, 6.07) is 7.01. The Morgan fingerprint density at radius 2 is 2.25 bits per heavy atom. The highest BCUT2D eigenvalue weighted by molar-refractivity contribution is 5.58. The number of anilines is 1. The summed E-state index contributed by atoms with van der Waals surface area (Å²) in [4.78, 5) is 0. The van der Waals surface area contributed by atoms with Gasteiger partial charge < -0.3 is 5.32 Å². The molecule has 0 saturated heterocycles. The van der Waals surface area contributed by atoms with Crippen LogP contribution in [-0.4, -0.2) is 6.04 Å². The van der Waals surface area contributed by atoms with Crippen molar-refractivity contribution in [2.24, 2.45) is 5.92 Å². The summed E-state index contributed by atoms with van der Waals surface area (Å²) in [7, 11) is 0. The molecular weight excluding hydrogens is 203 g/mol. The van der Waals surface area contributed by atoms with Crippen LogP contribution >= 0.6 is 0 Å². The first kappa shape index (κ1) is 10.9. The van der Waals surface area contributed by atoms with Gasteiger partial charge in [-0.2, -0.15) is 5.26 Å². The Bertz CT molecular complexity index is 422. The minimum Gasteiger partial charge on any atom is -0.381 e. The van der Waals surface area contributed by atoms with Crippen LogP contribution < -0.4 is 5.32 Å². The van der Waals surface area contributed by atoms with Crippen LogP contribution in [0, 0.1) is 23.1 Å². The molecule has 0 aromatic heterocycles. The maximum absolute atomic E-state index is 13.4. The van der Waals surface area contributed by atoms with Crippen LogP contribution in [0.3, 0.4) is 0 Å². The lowest BCUT2D eigenvalue weighted by Gasteiger charge is -2.19. The van der Waals surface area contributed by atoms with E-state index in [0.29, 0.717) is 17.6 Å². The SMILES string of the molecule is CC1CCCC1Nc1cccc(F)c1C#N. The number of rotatable bonds is 2. The second-order valence-electron chi connectivity index (χ2n) is 4.43. The predicted octanol–water partition coefficient (Wildman–Crippen LogP) is 3.30. The second kappa shape index (κ2) is 4.52. The van der Waals surface area contributed by atoms with Crippen molar-refractivity contribution in [3.8, 4) is 6.07 Å². The normalized spacial score (nSPS) is 24.1. The first-order chi connectivity index (χ1) is 7.72. The van der Waals surface area contributed by atoms with E-state index in [2.05, 4.69) is 12.2 Å². The predicted molar refractivity (Wildman–Crippen MR) is 61.5 cm³/mol. The van der Waals surface area contributed by atoms with Crippen molar-refractivity contribution in [2.45, 2.75) is 32.2 Å². The fraction of sp³-hybridized carbons (Fsp3) is 0.462. The minimum atomic E-state index is -0.446. The zero-order valence-electron chi connectivity index (χ0n) is 9.33. The van der Waals surface area contributed by atoms with Crippen LogP contribution in [0.15, 0.2) is 18.2 Å². The molecule has 0 heterocycles. The van der Waals surface area contributed by atoms with E-state index in [1.807, 2.05) is 6.07 Å². The maximum atomic E-state index is 13.4. The zero-order valence-corrected chi connectivity index (χ0v) is 9.33. The topological polar surface area (TPSA) is 35.8 Å². The van der Waals surface area contributed by atoms with E-state index >= 15 is 0 Å². The van der Waals surface area contributed by atoms with Crippen LogP contribution in [0.25, 0.3) is 0 Å². The van der Waals surface area contributed by atoms with Crippen LogP contribution in [-0.2, 0) is 0 Å². The van der Waals surface area contributed by atoms with Crippen molar-refractivity contribution in [2.75, 3.05) is 5.32 Å². The second-order valence-corrected chi connectivity index (χ2v) is 4.43. The molecular formula is C13H15FN2. The van der Waals surface area contributed by atoms with Gasteiger partial charge in [-0.3, -0.25) is 0 Å². The van der Waals surface area contributed by atoms with E-state index in [9.17, 15) is 4.39 Å². The number of benzene rings is 1. The Hall–Kier alpha value is -1.56. The lowest BCUT2D eigenvalue weighted by Crippen LogP contribution is -2.22. The summed E-state index contributed by atoms with van der Waals surface area (Å²) in [5.74, 6) is 0.146. The Morgan fingerprint density at radius 3 is 2.88 bits per heavy atom. The number of nitrogens with one attached hydrogen (secondary N) is 1. The highest BCUT2D eigenvalue weighted by Crippen LogP contribution is 2.29. The molecule has 84 valence electrons. The lowest BCUT2D eigenvalue weighted by molar-refractivity contribution is 0.555. The summed E-state index contributed by atoms with van der Waals surface area (Å²) < 4.78 is 13.4. The molecule has 16 heavy (non-hydrogen) atoms. The van der Waals surface area contributed by atoms with Crippen molar-refractivity contribution in [3.63, 3.8) is 0 Å². The smallest absolute Gasteiger partial charge is 0.143 e. The van der Waals surface area contributed by atoms with Crippen molar-refractivity contribution in [1.82, 2.24) is 0 Å². The average molecular weight is 218 g/mol. The van der Waals surface area contributed by atoms with E-state index < -0.39 is 5.82 Å². The maximum Gasteiger partial charge on any atom is 0.143 e. The Balaban J connectivity index is 2.21. The van der Waals surface area contributed by atoms with E-state index in [-0.39, 0.29) is 5.56 Å². The largest absolute Gasteiger partial charge is 0.381 e. The van der Waals surface area contributed by atoms with Gasteiger partial charge in [-0.1, -0.05) is 19.4 Å². The first-order valence-corrected chi connectivity index (χ1v) is 5.67. The number of nitriles is 1. The van der Waals surface area contributed by atoms with Gasteiger partial charge in [-0.05, 0) is 30.9 Å².